The number of benzene rings is 1. The number of hydrogen-bond acceptors (Lipinski definition) is 6. The SMILES string of the molecule is COCc1ccc(NC(=O)c2nc(N)c3c(-c4ccccn4)cn(C4(C)CC4)c3n2)cc1. The minimum absolute atomic E-state index is 0.0344. The first kappa shape index (κ1) is 20.1. The first-order valence-electron chi connectivity index (χ1n) is 10.5. The number of ether oxygens (including phenoxy) is 1. The highest BCUT2D eigenvalue weighted by atomic mass is 16.5. The molecule has 8 heteroatoms. The molecule has 1 saturated carbocycles. The first-order valence-corrected chi connectivity index (χ1v) is 10.5. The van der Waals surface area contributed by atoms with Crippen LogP contribution in [-0.2, 0) is 16.9 Å². The van der Waals surface area contributed by atoms with Gasteiger partial charge >= 0.3 is 0 Å². The second kappa shape index (κ2) is 7.72. The summed E-state index contributed by atoms with van der Waals surface area (Å²) in [4.78, 5) is 26.4. The molecular formula is C24H24N6O2. The Labute approximate surface area is 185 Å². The molecule has 0 saturated heterocycles. The summed E-state index contributed by atoms with van der Waals surface area (Å²) in [6.07, 6.45) is 5.85. The van der Waals surface area contributed by atoms with Gasteiger partial charge < -0.3 is 20.4 Å². The summed E-state index contributed by atoms with van der Waals surface area (Å²) in [7, 11) is 1.64. The molecule has 0 aliphatic heterocycles. The number of aromatic nitrogens is 4. The smallest absolute Gasteiger partial charge is 0.293 e. The summed E-state index contributed by atoms with van der Waals surface area (Å²) < 4.78 is 7.23. The zero-order valence-electron chi connectivity index (χ0n) is 18.0. The first-order chi connectivity index (χ1) is 15.5. The van der Waals surface area contributed by atoms with Crippen molar-refractivity contribution in [1.82, 2.24) is 19.5 Å². The molecule has 3 N–H and O–H groups in total. The highest BCUT2D eigenvalue weighted by Crippen LogP contribution is 2.47. The maximum atomic E-state index is 12.9. The lowest BCUT2D eigenvalue weighted by atomic mass is 10.1. The summed E-state index contributed by atoms with van der Waals surface area (Å²) in [5, 5.41) is 3.57. The van der Waals surface area contributed by atoms with Gasteiger partial charge in [-0.15, -0.1) is 0 Å². The van der Waals surface area contributed by atoms with Gasteiger partial charge in [0.1, 0.15) is 11.5 Å². The fourth-order valence-corrected chi connectivity index (χ4v) is 3.84. The predicted molar refractivity (Wildman–Crippen MR) is 123 cm³/mol. The van der Waals surface area contributed by atoms with Crippen LogP contribution in [0.4, 0.5) is 11.5 Å². The standard InChI is InChI=1S/C24H24N6O2/c1-24(10-11-24)30-13-17(18-5-3-4-12-26-18)19-20(25)28-21(29-22(19)30)23(31)27-16-8-6-15(7-9-16)14-32-2/h3-9,12-13H,10-11,14H2,1-2H3,(H,27,31)(H2,25,28,29). The molecule has 0 unspecified atom stereocenters. The molecule has 1 aromatic carbocycles. The summed E-state index contributed by atoms with van der Waals surface area (Å²) in [6.45, 7) is 2.69. The Morgan fingerprint density at radius 2 is 1.97 bits per heavy atom. The summed E-state index contributed by atoms with van der Waals surface area (Å²) >= 11 is 0. The van der Waals surface area contributed by atoms with Gasteiger partial charge in [0, 0.05) is 36.3 Å². The highest BCUT2D eigenvalue weighted by Gasteiger charge is 2.41. The number of methoxy groups -OCH3 is 1. The number of nitrogens with zero attached hydrogens (tertiary/aromatic N) is 4. The quantitative estimate of drug-likeness (QED) is 0.481. The van der Waals surface area contributed by atoms with Gasteiger partial charge in [0.05, 0.1) is 17.7 Å². The number of anilines is 2. The Bertz CT molecular complexity index is 1290. The van der Waals surface area contributed by atoms with Crippen LogP contribution < -0.4 is 11.1 Å². The molecule has 3 heterocycles. The third-order valence-corrected chi connectivity index (χ3v) is 5.90. The maximum absolute atomic E-state index is 12.9. The van der Waals surface area contributed by atoms with Crippen molar-refractivity contribution in [2.24, 2.45) is 0 Å². The Morgan fingerprint density at radius 1 is 1.19 bits per heavy atom. The number of rotatable bonds is 6. The third kappa shape index (κ3) is 3.58. The summed E-state index contributed by atoms with van der Waals surface area (Å²) in [5.41, 5.74) is 10.3. The van der Waals surface area contributed by atoms with E-state index < -0.39 is 5.91 Å². The van der Waals surface area contributed by atoms with Crippen molar-refractivity contribution in [3.63, 3.8) is 0 Å². The van der Waals surface area contributed by atoms with E-state index in [2.05, 4.69) is 31.8 Å². The zero-order valence-corrected chi connectivity index (χ0v) is 18.0. The monoisotopic (exact) mass is 428 g/mol. The fourth-order valence-electron chi connectivity index (χ4n) is 3.84. The van der Waals surface area contributed by atoms with Crippen molar-refractivity contribution < 1.29 is 9.53 Å². The Kier molecular flexibility index (Phi) is 4.86. The number of fused-ring (bicyclic) bond motifs is 1. The van der Waals surface area contributed by atoms with E-state index in [0.717, 1.165) is 35.0 Å². The molecule has 3 aromatic heterocycles. The van der Waals surface area contributed by atoms with Crippen molar-refractivity contribution in [2.75, 3.05) is 18.2 Å². The van der Waals surface area contributed by atoms with Gasteiger partial charge in [-0.2, -0.15) is 0 Å². The summed E-state index contributed by atoms with van der Waals surface area (Å²) in [6, 6.07) is 13.2. The average molecular weight is 428 g/mol. The second-order valence-corrected chi connectivity index (χ2v) is 8.34. The van der Waals surface area contributed by atoms with Crippen LogP contribution >= 0.6 is 0 Å². The third-order valence-electron chi connectivity index (χ3n) is 5.90. The molecule has 0 radical (unpaired) electrons. The number of nitrogens with one attached hydrogen (secondary N) is 1. The van der Waals surface area contributed by atoms with E-state index in [9.17, 15) is 4.79 Å². The Balaban J connectivity index is 1.54. The number of nitrogens with two attached hydrogens (primary N) is 1. The number of carbonyl (C=O) groups is 1. The lowest BCUT2D eigenvalue weighted by Crippen LogP contribution is -2.18. The molecule has 1 aliphatic rings. The largest absolute Gasteiger partial charge is 0.383 e. The van der Waals surface area contributed by atoms with E-state index in [-0.39, 0.29) is 17.2 Å². The highest BCUT2D eigenvalue weighted by molar-refractivity contribution is 6.06. The topological polar surface area (TPSA) is 108 Å². The predicted octanol–water partition coefficient (Wildman–Crippen LogP) is 3.98. The van der Waals surface area contributed by atoms with Gasteiger partial charge in [0.2, 0.25) is 5.82 Å². The molecule has 5 rings (SSSR count). The number of amides is 1. The minimum Gasteiger partial charge on any atom is -0.383 e. The van der Waals surface area contributed by atoms with Gasteiger partial charge in [-0.25, -0.2) is 9.97 Å². The number of hydrogen-bond donors (Lipinski definition) is 2. The van der Waals surface area contributed by atoms with Crippen LogP contribution in [0.3, 0.4) is 0 Å². The van der Waals surface area contributed by atoms with E-state index in [1.165, 1.54) is 0 Å². The maximum Gasteiger partial charge on any atom is 0.293 e. The van der Waals surface area contributed by atoms with Crippen LogP contribution in [0.2, 0.25) is 0 Å². The van der Waals surface area contributed by atoms with Gasteiger partial charge in [-0.05, 0) is 49.6 Å². The number of carbonyl (C=O) groups excluding carboxylic acids is 1. The van der Waals surface area contributed by atoms with E-state index in [4.69, 9.17) is 10.5 Å². The van der Waals surface area contributed by atoms with E-state index in [0.29, 0.717) is 17.9 Å². The molecule has 1 amide bonds. The van der Waals surface area contributed by atoms with E-state index >= 15 is 0 Å². The lowest BCUT2D eigenvalue weighted by Gasteiger charge is -2.13. The molecule has 0 spiro atoms. The van der Waals surface area contributed by atoms with Crippen LogP contribution in [0.1, 0.15) is 35.9 Å². The average Bonchev–Trinajstić information content (AvgIpc) is 3.41. The number of pyridine rings is 1. The molecule has 162 valence electrons. The number of nitrogen functional groups attached to an aromatic ring is 1. The van der Waals surface area contributed by atoms with Crippen LogP contribution in [-0.4, -0.2) is 32.5 Å². The lowest BCUT2D eigenvalue weighted by molar-refractivity contribution is 0.101. The van der Waals surface area contributed by atoms with Crippen LogP contribution in [0.15, 0.2) is 54.9 Å². The minimum atomic E-state index is -0.411. The van der Waals surface area contributed by atoms with Crippen molar-refractivity contribution in [1.29, 1.82) is 0 Å². The molecule has 4 aromatic rings. The zero-order chi connectivity index (χ0) is 22.3. The van der Waals surface area contributed by atoms with E-state index in [1.807, 2.05) is 48.7 Å². The molecule has 1 fully saturated rings. The van der Waals surface area contributed by atoms with Gasteiger partial charge in [-0.1, -0.05) is 18.2 Å². The van der Waals surface area contributed by atoms with Crippen molar-refractivity contribution in [2.45, 2.75) is 31.9 Å². The molecular weight excluding hydrogens is 404 g/mol. The van der Waals surface area contributed by atoms with Crippen molar-refractivity contribution >= 4 is 28.4 Å². The van der Waals surface area contributed by atoms with E-state index in [1.54, 1.807) is 13.3 Å². The fraction of sp³-hybridized carbons (Fsp3) is 0.250. The van der Waals surface area contributed by atoms with Gasteiger partial charge in [0.25, 0.3) is 5.91 Å². The van der Waals surface area contributed by atoms with Crippen molar-refractivity contribution in [3.05, 3.63) is 66.2 Å². The van der Waals surface area contributed by atoms with Crippen molar-refractivity contribution in [3.8, 4) is 11.3 Å². The Hall–Kier alpha value is -3.78. The summed E-state index contributed by atoms with van der Waals surface area (Å²) in [5.74, 6) is -0.113. The molecule has 32 heavy (non-hydrogen) atoms. The van der Waals surface area contributed by atoms with Crippen LogP contribution in [0, 0.1) is 0 Å². The molecule has 0 bridgehead atoms. The molecule has 0 atom stereocenters. The van der Waals surface area contributed by atoms with Crippen LogP contribution in [0.5, 0.6) is 0 Å². The molecule has 8 nitrogen and oxygen atoms in total. The van der Waals surface area contributed by atoms with Gasteiger partial charge in [0.15, 0.2) is 0 Å². The Morgan fingerprint density at radius 3 is 2.62 bits per heavy atom. The molecule has 1 aliphatic carbocycles. The van der Waals surface area contributed by atoms with Gasteiger partial charge in [-0.3, -0.25) is 9.78 Å². The van der Waals surface area contributed by atoms with Crippen LogP contribution in [0.25, 0.3) is 22.3 Å². The second-order valence-electron chi connectivity index (χ2n) is 8.34. The normalized spacial score (nSPS) is 14.4.